The summed E-state index contributed by atoms with van der Waals surface area (Å²) < 4.78 is 11.2. The number of rotatable bonds is 4. The molecule has 1 aromatic heterocycles. The first-order valence-electron chi connectivity index (χ1n) is 6.06. The van der Waals surface area contributed by atoms with Crippen molar-refractivity contribution < 1.29 is 19.1 Å². The van der Waals surface area contributed by atoms with Crippen molar-refractivity contribution in [2.24, 2.45) is 0 Å². The number of aliphatic hydroxyl groups is 1. The summed E-state index contributed by atoms with van der Waals surface area (Å²) in [7, 11) is 0. The molecule has 0 spiro atoms. The number of nitrogens with zero attached hydrogens (tertiary/aromatic N) is 1. The number of hydrogen-bond acceptors (Lipinski definition) is 5. The highest BCUT2D eigenvalue weighted by Crippen LogP contribution is 2.21. The lowest BCUT2D eigenvalue weighted by molar-refractivity contribution is -0.153. The number of oxazole rings is 1. The standard InChI is InChI=1S/C13H15NO5/c1-3-14-9-7-8(11(15)12(16)18-4-2)5-6-10(9)19-13(14)17/h5-7,11,15H,3-4H2,1-2H3. The molecule has 102 valence electrons. The minimum Gasteiger partial charge on any atom is -0.464 e. The van der Waals surface area contributed by atoms with Crippen molar-refractivity contribution in [1.29, 1.82) is 0 Å². The third kappa shape index (κ3) is 2.39. The molecule has 0 aliphatic carbocycles. The van der Waals surface area contributed by atoms with Crippen LogP contribution in [0.2, 0.25) is 0 Å². The monoisotopic (exact) mass is 265 g/mol. The van der Waals surface area contributed by atoms with Gasteiger partial charge < -0.3 is 14.3 Å². The Kier molecular flexibility index (Phi) is 3.71. The highest BCUT2D eigenvalue weighted by Gasteiger charge is 2.20. The predicted octanol–water partition coefficient (Wildman–Crippen LogP) is 1.21. The maximum atomic E-state index is 11.5. The number of benzene rings is 1. The lowest BCUT2D eigenvalue weighted by Gasteiger charge is -2.09. The van der Waals surface area contributed by atoms with Crippen molar-refractivity contribution in [2.45, 2.75) is 26.5 Å². The van der Waals surface area contributed by atoms with Crippen LogP contribution in [0.25, 0.3) is 11.1 Å². The summed E-state index contributed by atoms with van der Waals surface area (Å²) in [4.78, 5) is 23.0. The molecule has 0 saturated heterocycles. The Labute approximate surface area is 109 Å². The maximum Gasteiger partial charge on any atom is 0.419 e. The lowest BCUT2D eigenvalue weighted by atomic mass is 10.1. The van der Waals surface area contributed by atoms with E-state index >= 15 is 0 Å². The summed E-state index contributed by atoms with van der Waals surface area (Å²) in [6, 6.07) is 4.65. The highest BCUT2D eigenvalue weighted by atomic mass is 16.5. The molecule has 0 aliphatic rings. The average molecular weight is 265 g/mol. The molecule has 1 heterocycles. The maximum absolute atomic E-state index is 11.5. The van der Waals surface area contributed by atoms with Crippen LogP contribution in [0.1, 0.15) is 25.5 Å². The summed E-state index contributed by atoms with van der Waals surface area (Å²) in [5.74, 6) is -1.17. The number of aromatic nitrogens is 1. The number of hydrogen-bond donors (Lipinski definition) is 1. The Morgan fingerprint density at radius 3 is 2.84 bits per heavy atom. The van der Waals surface area contributed by atoms with E-state index in [1.54, 1.807) is 19.1 Å². The number of esters is 1. The van der Waals surface area contributed by atoms with E-state index in [2.05, 4.69) is 0 Å². The molecule has 1 aromatic carbocycles. The van der Waals surface area contributed by atoms with E-state index in [1.807, 2.05) is 6.92 Å². The Balaban J connectivity index is 2.46. The molecule has 2 aromatic rings. The van der Waals surface area contributed by atoms with Gasteiger partial charge in [-0.2, -0.15) is 0 Å². The molecule has 1 unspecified atom stereocenters. The molecule has 0 amide bonds. The van der Waals surface area contributed by atoms with Gasteiger partial charge in [-0.25, -0.2) is 9.59 Å². The molecular weight excluding hydrogens is 250 g/mol. The van der Waals surface area contributed by atoms with E-state index in [4.69, 9.17) is 9.15 Å². The number of carbonyl (C=O) groups excluding carboxylic acids is 1. The number of fused-ring (bicyclic) bond motifs is 1. The smallest absolute Gasteiger partial charge is 0.419 e. The van der Waals surface area contributed by atoms with Gasteiger partial charge in [0.15, 0.2) is 11.7 Å². The Hall–Kier alpha value is -2.08. The van der Waals surface area contributed by atoms with Gasteiger partial charge in [0.05, 0.1) is 12.1 Å². The number of carbonyl (C=O) groups is 1. The summed E-state index contributed by atoms with van der Waals surface area (Å²) in [5.41, 5.74) is 1.34. The predicted molar refractivity (Wildman–Crippen MR) is 67.7 cm³/mol. The SMILES string of the molecule is CCOC(=O)C(O)c1ccc2oc(=O)n(CC)c2c1. The van der Waals surface area contributed by atoms with E-state index in [0.717, 1.165) is 0 Å². The first-order valence-corrected chi connectivity index (χ1v) is 6.06. The van der Waals surface area contributed by atoms with Crippen molar-refractivity contribution in [2.75, 3.05) is 6.61 Å². The van der Waals surface area contributed by atoms with Gasteiger partial charge >= 0.3 is 11.7 Å². The molecule has 1 atom stereocenters. The number of aryl methyl sites for hydroxylation is 1. The van der Waals surface area contributed by atoms with Gasteiger partial charge in [0.2, 0.25) is 0 Å². The fraction of sp³-hybridized carbons (Fsp3) is 0.385. The van der Waals surface area contributed by atoms with Crippen LogP contribution in [0.4, 0.5) is 0 Å². The highest BCUT2D eigenvalue weighted by molar-refractivity contribution is 5.80. The van der Waals surface area contributed by atoms with Crippen LogP contribution in [-0.2, 0) is 16.1 Å². The Bertz CT molecular complexity index is 655. The molecule has 6 heteroatoms. The molecule has 6 nitrogen and oxygen atoms in total. The van der Waals surface area contributed by atoms with Crippen LogP contribution in [0.15, 0.2) is 27.4 Å². The minimum atomic E-state index is -1.36. The molecular formula is C13H15NO5. The minimum absolute atomic E-state index is 0.198. The number of aliphatic hydroxyl groups excluding tert-OH is 1. The van der Waals surface area contributed by atoms with Gasteiger partial charge in [0.25, 0.3) is 0 Å². The van der Waals surface area contributed by atoms with Gasteiger partial charge in [-0.3, -0.25) is 4.57 Å². The van der Waals surface area contributed by atoms with E-state index in [9.17, 15) is 14.7 Å². The molecule has 0 aliphatic heterocycles. The summed E-state index contributed by atoms with van der Waals surface area (Å²) in [6.07, 6.45) is -1.36. The van der Waals surface area contributed by atoms with Crippen LogP contribution >= 0.6 is 0 Å². The fourth-order valence-corrected chi connectivity index (χ4v) is 1.91. The molecule has 0 saturated carbocycles. The van der Waals surface area contributed by atoms with Gasteiger partial charge in [-0.1, -0.05) is 6.07 Å². The number of ether oxygens (including phenoxy) is 1. The van der Waals surface area contributed by atoms with Gasteiger partial charge in [0.1, 0.15) is 0 Å². The van der Waals surface area contributed by atoms with E-state index in [0.29, 0.717) is 23.2 Å². The van der Waals surface area contributed by atoms with Crippen molar-refractivity contribution in [1.82, 2.24) is 4.57 Å². The zero-order chi connectivity index (χ0) is 14.0. The van der Waals surface area contributed by atoms with E-state index < -0.39 is 17.8 Å². The summed E-state index contributed by atoms with van der Waals surface area (Å²) in [5, 5.41) is 9.86. The van der Waals surface area contributed by atoms with Gasteiger partial charge in [-0.15, -0.1) is 0 Å². The fourth-order valence-electron chi connectivity index (χ4n) is 1.91. The van der Waals surface area contributed by atoms with E-state index in [-0.39, 0.29) is 6.61 Å². The lowest BCUT2D eigenvalue weighted by Crippen LogP contribution is -2.16. The van der Waals surface area contributed by atoms with Crippen LogP contribution in [-0.4, -0.2) is 22.2 Å². The quantitative estimate of drug-likeness (QED) is 0.840. The zero-order valence-electron chi connectivity index (χ0n) is 10.8. The molecule has 2 rings (SSSR count). The first-order chi connectivity index (χ1) is 9.08. The van der Waals surface area contributed by atoms with Crippen LogP contribution < -0.4 is 5.76 Å². The molecule has 0 radical (unpaired) electrons. The first kappa shape index (κ1) is 13.4. The van der Waals surface area contributed by atoms with Crippen LogP contribution in [0.3, 0.4) is 0 Å². The largest absolute Gasteiger partial charge is 0.464 e. The molecule has 0 bridgehead atoms. The molecule has 1 N–H and O–H groups in total. The van der Waals surface area contributed by atoms with Crippen molar-refractivity contribution in [3.63, 3.8) is 0 Å². The Morgan fingerprint density at radius 2 is 2.21 bits per heavy atom. The van der Waals surface area contributed by atoms with Gasteiger partial charge in [-0.05, 0) is 31.5 Å². The molecule has 0 fully saturated rings. The average Bonchev–Trinajstić information content (AvgIpc) is 2.72. The van der Waals surface area contributed by atoms with Crippen molar-refractivity contribution in [3.05, 3.63) is 34.3 Å². The second-order valence-electron chi connectivity index (χ2n) is 3.99. The summed E-state index contributed by atoms with van der Waals surface area (Å²) >= 11 is 0. The van der Waals surface area contributed by atoms with Crippen molar-refractivity contribution >= 4 is 17.1 Å². The van der Waals surface area contributed by atoms with E-state index in [1.165, 1.54) is 10.6 Å². The second-order valence-corrected chi connectivity index (χ2v) is 3.99. The van der Waals surface area contributed by atoms with Crippen molar-refractivity contribution in [3.8, 4) is 0 Å². The van der Waals surface area contributed by atoms with Crippen LogP contribution in [0.5, 0.6) is 0 Å². The topological polar surface area (TPSA) is 81.7 Å². The zero-order valence-corrected chi connectivity index (χ0v) is 10.8. The normalized spacial score (nSPS) is 12.6. The second kappa shape index (κ2) is 5.27. The summed E-state index contributed by atoms with van der Waals surface area (Å²) in [6.45, 7) is 4.12. The van der Waals surface area contributed by atoms with Crippen LogP contribution in [0, 0.1) is 0 Å². The Morgan fingerprint density at radius 1 is 1.47 bits per heavy atom. The molecule has 19 heavy (non-hydrogen) atoms. The third-order valence-corrected chi connectivity index (χ3v) is 2.83. The third-order valence-electron chi connectivity index (χ3n) is 2.83. The van der Waals surface area contributed by atoms with Gasteiger partial charge in [0, 0.05) is 6.54 Å².